The third-order valence-corrected chi connectivity index (χ3v) is 21.7. The number of para-hydroxylation sites is 8. The summed E-state index contributed by atoms with van der Waals surface area (Å²) in [5, 5.41) is 14.8. The highest BCUT2D eigenvalue weighted by Crippen LogP contribution is 2.46. The summed E-state index contributed by atoms with van der Waals surface area (Å²) in [6, 6.07) is 112. The van der Waals surface area contributed by atoms with Crippen molar-refractivity contribution in [1.82, 2.24) is 27.4 Å². The van der Waals surface area contributed by atoms with Crippen molar-refractivity contribution in [2.45, 2.75) is 9.79 Å². The van der Waals surface area contributed by atoms with E-state index >= 15 is 0 Å². The first-order chi connectivity index (χ1) is 45.7. The molecular formula is C84H49BN6S. The summed E-state index contributed by atoms with van der Waals surface area (Å²) in [7, 11) is 0. The highest BCUT2D eigenvalue weighted by Gasteiger charge is 2.41. The van der Waals surface area contributed by atoms with Gasteiger partial charge in [-0.15, -0.1) is 0 Å². The topological polar surface area (TPSA) is 29.6 Å². The molecule has 0 bridgehead atoms. The summed E-state index contributed by atoms with van der Waals surface area (Å²) in [6.45, 7) is -0.0450. The van der Waals surface area contributed by atoms with E-state index in [4.69, 9.17) is 0 Å². The fraction of sp³-hybridized carbons (Fsp3) is 0. The van der Waals surface area contributed by atoms with E-state index in [0.29, 0.717) is 0 Å². The number of fused-ring (bicyclic) bond motifs is 22. The molecule has 6 nitrogen and oxygen atoms in total. The highest BCUT2D eigenvalue weighted by molar-refractivity contribution is 8.00. The normalized spacial score (nSPS) is 12.9. The number of benzene rings is 14. The minimum absolute atomic E-state index is 0.0450. The quantitative estimate of drug-likeness (QED) is 0.158. The Bertz CT molecular complexity index is 6320. The van der Waals surface area contributed by atoms with E-state index < -0.39 is 0 Å². The zero-order valence-electron chi connectivity index (χ0n) is 49.5. The number of aromatic nitrogens is 6. The van der Waals surface area contributed by atoms with Crippen LogP contribution < -0.4 is 16.4 Å². The summed E-state index contributed by atoms with van der Waals surface area (Å²) in [4.78, 5) is 2.56. The van der Waals surface area contributed by atoms with Crippen LogP contribution in [0.5, 0.6) is 0 Å². The lowest BCUT2D eigenvalue weighted by molar-refractivity contribution is 1.11. The molecule has 424 valence electrons. The fourth-order valence-corrected chi connectivity index (χ4v) is 18.1. The maximum atomic E-state index is 2.65. The third kappa shape index (κ3) is 6.40. The molecule has 8 heteroatoms. The highest BCUT2D eigenvalue weighted by atomic mass is 32.2. The maximum Gasteiger partial charge on any atom is 0.249 e. The molecule has 14 aromatic carbocycles. The molecule has 0 unspecified atom stereocenters. The molecule has 0 saturated carbocycles. The van der Waals surface area contributed by atoms with Crippen LogP contribution in [-0.4, -0.2) is 34.1 Å². The Balaban J connectivity index is 0.848. The summed E-state index contributed by atoms with van der Waals surface area (Å²) in [6.07, 6.45) is 0. The van der Waals surface area contributed by atoms with Gasteiger partial charge < -0.3 is 27.4 Å². The van der Waals surface area contributed by atoms with Gasteiger partial charge in [-0.2, -0.15) is 0 Å². The molecule has 0 aliphatic carbocycles. The molecule has 2 aliphatic heterocycles. The SMILES string of the molecule is c1ccc2c(c1)Sc1cc(-n3c4ccc(-n5c6ccccc6c6ccccc65)cc4c4cc(-n5c6ccccc6c6ccccc65)ccc43)cc3c1B2c1cc(-n2c4ccccc4c4ccccc42)cc2c4cc(-n5c6ccccc6c6ccccc65)ccc4n-3c12. The fourth-order valence-electron chi connectivity index (χ4n) is 16.9. The minimum Gasteiger partial charge on any atom is -0.310 e. The van der Waals surface area contributed by atoms with E-state index in [9.17, 15) is 0 Å². The molecule has 2 aliphatic rings. The number of rotatable bonds is 5. The van der Waals surface area contributed by atoms with Crippen molar-refractivity contribution in [3.63, 3.8) is 0 Å². The van der Waals surface area contributed by atoms with Gasteiger partial charge in [0.1, 0.15) is 0 Å². The van der Waals surface area contributed by atoms with E-state index in [1.54, 1.807) is 0 Å². The van der Waals surface area contributed by atoms with Gasteiger partial charge in [0.2, 0.25) is 6.71 Å². The smallest absolute Gasteiger partial charge is 0.249 e. The van der Waals surface area contributed by atoms with Crippen molar-refractivity contribution < 1.29 is 0 Å². The largest absolute Gasteiger partial charge is 0.310 e. The molecule has 0 radical (unpaired) electrons. The van der Waals surface area contributed by atoms with Gasteiger partial charge in [-0.1, -0.05) is 181 Å². The lowest BCUT2D eigenvalue weighted by Crippen LogP contribution is -2.58. The Kier molecular flexibility index (Phi) is 9.63. The first kappa shape index (κ1) is 49.2. The van der Waals surface area contributed by atoms with Crippen LogP contribution in [0.25, 0.3) is 165 Å². The van der Waals surface area contributed by atoms with E-state index in [0.717, 1.165) is 39.5 Å². The molecule has 0 saturated heterocycles. The zero-order chi connectivity index (χ0) is 59.6. The summed E-state index contributed by atoms with van der Waals surface area (Å²) in [5.41, 5.74) is 25.2. The second kappa shape index (κ2) is 18.0. The Morgan fingerprint density at radius 3 is 0.913 bits per heavy atom. The Labute approximate surface area is 530 Å². The molecule has 8 heterocycles. The monoisotopic (exact) mass is 1180 g/mol. The van der Waals surface area contributed by atoms with Crippen LogP contribution in [0, 0.1) is 0 Å². The molecule has 22 rings (SSSR count). The summed E-state index contributed by atoms with van der Waals surface area (Å²) in [5.74, 6) is 0. The molecule has 0 spiro atoms. The van der Waals surface area contributed by atoms with Crippen molar-refractivity contribution >= 4 is 166 Å². The van der Waals surface area contributed by atoms with Gasteiger partial charge in [-0.3, -0.25) is 0 Å². The van der Waals surface area contributed by atoms with Gasteiger partial charge in [-0.05, 0) is 144 Å². The Morgan fingerprint density at radius 2 is 0.511 bits per heavy atom. The predicted molar refractivity (Wildman–Crippen MR) is 388 cm³/mol. The van der Waals surface area contributed by atoms with Crippen molar-refractivity contribution in [2.75, 3.05) is 0 Å². The zero-order valence-corrected chi connectivity index (χ0v) is 50.3. The average molecular weight is 1190 g/mol. The van der Waals surface area contributed by atoms with Crippen LogP contribution in [0.2, 0.25) is 0 Å². The van der Waals surface area contributed by atoms with E-state index in [2.05, 4.69) is 325 Å². The van der Waals surface area contributed by atoms with Crippen molar-refractivity contribution in [1.29, 1.82) is 0 Å². The standard InChI is InChI=1S/C84H49BN6S/c1-10-28-69-55(19-1)56-20-2-11-29-70(56)86(69)50-37-40-77-63(43-50)64-44-51(87-71-30-12-3-21-57(71)58-22-4-13-31-72(58)87)38-41-78(64)90(77)54-48-80-83-82(49-54)92-81-36-18-9-27-67(81)85(83)68-47-53(89-75-34-16-7-25-61(75)62-26-8-17-35-76(62)89)46-66-65-45-52(39-42-79(65)91(80)84(66)68)88-73-32-14-5-23-59(73)60-24-6-15-33-74(60)88/h1-49H. The minimum atomic E-state index is -0.0450. The summed E-state index contributed by atoms with van der Waals surface area (Å²) < 4.78 is 15.1. The van der Waals surface area contributed by atoms with Crippen LogP contribution >= 0.6 is 11.8 Å². The second-order valence-electron chi connectivity index (χ2n) is 25.1. The maximum absolute atomic E-state index is 2.65. The molecule has 0 fully saturated rings. The van der Waals surface area contributed by atoms with Crippen molar-refractivity contribution in [3.8, 4) is 34.1 Å². The van der Waals surface area contributed by atoms with Crippen LogP contribution in [0.15, 0.2) is 307 Å². The first-order valence-corrected chi connectivity index (χ1v) is 32.6. The molecule has 0 atom stereocenters. The lowest BCUT2D eigenvalue weighted by atomic mass is 9.35. The van der Waals surface area contributed by atoms with Crippen molar-refractivity contribution in [3.05, 3.63) is 297 Å². The number of hydrogen-bond donors (Lipinski definition) is 0. The van der Waals surface area contributed by atoms with Gasteiger partial charge in [0, 0.05) is 114 Å². The predicted octanol–water partition coefficient (Wildman–Crippen LogP) is 19.6. The number of hydrogen-bond acceptors (Lipinski definition) is 1. The van der Waals surface area contributed by atoms with Gasteiger partial charge in [0.05, 0.1) is 60.7 Å². The van der Waals surface area contributed by atoms with Crippen molar-refractivity contribution in [2.24, 2.45) is 0 Å². The van der Waals surface area contributed by atoms with E-state index in [-0.39, 0.29) is 6.71 Å². The molecule has 6 aromatic heterocycles. The second-order valence-corrected chi connectivity index (χ2v) is 26.2. The Morgan fingerprint density at radius 1 is 0.207 bits per heavy atom. The van der Waals surface area contributed by atoms with Crippen LogP contribution in [0.1, 0.15) is 0 Å². The van der Waals surface area contributed by atoms with Crippen LogP contribution in [0.4, 0.5) is 0 Å². The van der Waals surface area contributed by atoms with Gasteiger partial charge in [0.25, 0.3) is 0 Å². The molecule has 0 N–H and O–H groups in total. The third-order valence-electron chi connectivity index (χ3n) is 20.6. The molecule has 92 heavy (non-hydrogen) atoms. The lowest BCUT2D eigenvalue weighted by Gasteiger charge is -2.34. The Hall–Kier alpha value is -11.7. The molecular weight excluding hydrogens is 1140 g/mol. The van der Waals surface area contributed by atoms with Gasteiger partial charge >= 0.3 is 0 Å². The summed E-state index contributed by atoms with van der Waals surface area (Å²) >= 11 is 1.92. The first-order valence-electron chi connectivity index (χ1n) is 31.8. The van der Waals surface area contributed by atoms with E-state index in [1.807, 2.05) is 11.8 Å². The van der Waals surface area contributed by atoms with Crippen LogP contribution in [-0.2, 0) is 0 Å². The number of nitrogens with zero attached hydrogens (tertiary/aromatic N) is 6. The van der Waals surface area contributed by atoms with Gasteiger partial charge in [-0.25, -0.2) is 0 Å². The van der Waals surface area contributed by atoms with Crippen LogP contribution in [0.3, 0.4) is 0 Å². The van der Waals surface area contributed by atoms with Gasteiger partial charge in [0.15, 0.2) is 0 Å². The molecule has 0 amide bonds. The van der Waals surface area contributed by atoms with E-state index in [1.165, 1.54) is 152 Å². The average Bonchev–Trinajstić information content (AvgIpc) is 1.40. The molecule has 20 aromatic rings.